The summed E-state index contributed by atoms with van der Waals surface area (Å²) in [6, 6.07) is 7.27. The van der Waals surface area contributed by atoms with Gasteiger partial charge in [0, 0.05) is 24.0 Å². The van der Waals surface area contributed by atoms with Crippen LogP contribution in [0.15, 0.2) is 36.7 Å². The molecule has 0 bridgehead atoms. The first-order valence-corrected chi connectivity index (χ1v) is 7.34. The maximum absolute atomic E-state index is 12.2. The van der Waals surface area contributed by atoms with Crippen molar-refractivity contribution >= 4 is 35.6 Å². The van der Waals surface area contributed by atoms with Gasteiger partial charge in [-0.1, -0.05) is 18.5 Å². The van der Waals surface area contributed by atoms with Gasteiger partial charge in [0.1, 0.15) is 0 Å². The van der Waals surface area contributed by atoms with Gasteiger partial charge in [-0.05, 0) is 43.3 Å². The smallest absolute Gasteiger partial charge is 0.227 e. The number of hydrogen-bond acceptors (Lipinski definition) is 3. The molecular formula is C15H18Cl2N4O. The van der Waals surface area contributed by atoms with E-state index in [2.05, 4.69) is 15.7 Å². The van der Waals surface area contributed by atoms with Crippen LogP contribution in [0.2, 0.25) is 5.02 Å². The van der Waals surface area contributed by atoms with Crippen molar-refractivity contribution in [3.8, 4) is 5.69 Å². The third-order valence-electron chi connectivity index (χ3n) is 3.90. The van der Waals surface area contributed by atoms with Crippen LogP contribution in [0.4, 0.5) is 5.69 Å². The zero-order chi connectivity index (χ0) is 14.8. The molecule has 0 radical (unpaired) electrons. The Morgan fingerprint density at radius 2 is 2.27 bits per heavy atom. The number of carbonyl (C=O) groups is 1. The quantitative estimate of drug-likeness (QED) is 0.899. The van der Waals surface area contributed by atoms with Crippen LogP contribution >= 0.6 is 24.0 Å². The number of hydrogen-bond donors (Lipinski definition) is 2. The first-order chi connectivity index (χ1) is 10.1. The van der Waals surface area contributed by atoms with Gasteiger partial charge in [-0.25, -0.2) is 4.68 Å². The Kier molecular flexibility index (Phi) is 5.45. The zero-order valence-electron chi connectivity index (χ0n) is 12.1. The summed E-state index contributed by atoms with van der Waals surface area (Å²) >= 11 is 6.26. The minimum atomic E-state index is -0.00387. The van der Waals surface area contributed by atoms with E-state index in [1.165, 1.54) is 0 Å². The predicted molar refractivity (Wildman–Crippen MR) is 90.0 cm³/mol. The second-order valence-electron chi connectivity index (χ2n) is 5.31. The summed E-state index contributed by atoms with van der Waals surface area (Å²) in [4.78, 5) is 12.2. The lowest BCUT2D eigenvalue weighted by atomic mass is 9.88. The van der Waals surface area contributed by atoms with E-state index in [1.807, 2.05) is 31.3 Å². The second-order valence-corrected chi connectivity index (χ2v) is 5.72. The lowest BCUT2D eigenvalue weighted by Gasteiger charge is -2.31. The van der Waals surface area contributed by atoms with E-state index in [9.17, 15) is 4.79 Å². The average molecular weight is 341 g/mol. The zero-order valence-corrected chi connectivity index (χ0v) is 13.7. The number of aromatic nitrogens is 2. The molecule has 1 aromatic carbocycles. The van der Waals surface area contributed by atoms with Crippen LogP contribution in [0, 0.1) is 11.8 Å². The molecule has 2 N–H and O–H groups in total. The first kappa shape index (κ1) is 16.8. The molecule has 3 rings (SSSR count). The Balaban J connectivity index is 0.00000176. The highest BCUT2D eigenvalue weighted by Gasteiger charge is 2.28. The molecule has 2 heterocycles. The van der Waals surface area contributed by atoms with E-state index < -0.39 is 0 Å². The molecule has 2 aromatic rings. The van der Waals surface area contributed by atoms with Crippen molar-refractivity contribution in [2.45, 2.75) is 6.92 Å². The maximum atomic E-state index is 12.2. The standard InChI is InChI=1S/C15H17ClN4O.ClH/c1-10(11-8-17-9-11)15(21)19-12-3-4-14(13(16)7-12)20-6-2-5-18-20;/h2-7,10-11,17H,8-9H2,1H3,(H,19,21);1H. The van der Waals surface area contributed by atoms with Crippen LogP contribution in [0.25, 0.3) is 5.69 Å². The molecule has 0 aliphatic carbocycles. The molecule has 1 atom stereocenters. The van der Waals surface area contributed by atoms with E-state index in [1.54, 1.807) is 16.9 Å². The number of carbonyl (C=O) groups excluding carboxylic acids is 1. The number of amides is 1. The fourth-order valence-corrected chi connectivity index (χ4v) is 2.58. The van der Waals surface area contributed by atoms with Crippen molar-refractivity contribution < 1.29 is 4.79 Å². The SMILES string of the molecule is CC(C(=O)Nc1ccc(-n2cccn2)c(Cl)c1)C1CNC1.Cl. The Labute approximate surface area is 140 Å². The summed E-state index contributed by atoms with van der Waals surface area (Å²) in [5, 5.41) is 10.8. The van der Waals surface area contributed by atoms with Gasteiger partial charge in [-0.15, -0.1) is 12.4 Å². The number of nitrogens with one attached hydrogen (secondary N) is 2. The van der Waals surface area contributed by atoms with E-state index in [0.29, 0.717) is 16.6 Å². The van der Waals surface area contributed by atoms with E-state index in [4.69, 9.17) is 11.6 Å². The van der Waals surface area contributed by atoms with Gasteiger partial charge >= 0.3 is 0 Å². The highest BCUT2D eigenvalue weighted by molar-refractivity contribution is 6.32. The molecule has 1 fully saturated rings. The summed E-state index contributed by atoms with van der Waals surface area (Å²) in [5.74, 6) is 0.448. The fourth-order valence-electron chi connectivity index (χ4n) is 2.32. The fraction of sp³-hybridized carbons (Fsp3) is 0.333. The van der Waals surface area contributed by atoms with Gasteiger partial charge in [-0.3, -0.25) is 4.79 Å². The Bertz CT molecular complexity index is 641. The third kappa shape index (κ3) is 3.43. The molecular weight excluding hydrogens is 323 g/mol. The van der Waals surface area contributed by atoms with Crippen molar-refractivity contribution in [3.05, 3.63) is 41.7 Å². The van der Waals surface area contributed by atoms with Gasteiger partial charge in [0.2, 0.25) is 5.91 Å². The van der Waals surface area contributed by atoms with E-state index >= 15 is 0 Å². The average Bonchev–Trinajstić information content (AvgIpc) is 2.90. The summed E-state index contributed by atoms with van der Waals surface area (Å²) in [5.41, 5.74) is 1.50. The lowest BCUT2D eigenvalue weighted by Crippen LogP contribution is -2.48. The largest absolute Gasteiger partial charge is 0.326 e. The molecule has 1 amide bonds. The Morgan fingerprint density at radius 1 is 1.50 bits per heavy atom. The van der Waals surface area contributed by atoms with Crippen LogP contribution in [0.5, 0.6) is 0 Å². The van der Waals surface area contributed by atoms with Crippen LogP contribution in [-0.2, 0) is 4.79 Å². The molecule has 22 heavy (non-hydrogen) atoms. The number of benzene rings is 1. The monoisotopic (exact) mass is 340 g/mol. The van der Waals surface area contributed by atoms with Gasteiger partial charge in [0.25, 0.3) is 0 Å². The minimum Gasteiger partial charge on any atom is -0.326 e. The molecule has 1 aliphatic heterocycles. The number of rotatable bonds is 4. The number of halogens is 2. The van der Waals surface area contributed by atoms with Crippen LogP contribution in [0.3, 0.4) is 0 Å². The van der Waals surface area contributed by atoms with Crippen molar-refractivity contribution in [2.24, 2.45) is 11.8 Å². The first-order valence-electron chi connectivity index (χ1n) is 6.96. The van der Waals surface area contributed by atoms with E-state index in [0.717, 1.165) is 18.8 Å². The molecule has 5 nitrogen and oxygen atoms in total. The number of nitrogens with zero attached hydrogens (tertiary/aromatic N) is 2. The molecule has 0 saturated carbocycles. The van der Waals surface area contributed by atoms with Crippen LogP contribution in [-0.4, -0.2) is 28.8 Å². The molecule has 1 saturated heterocycles. The molecule has 1 unspecified atom stereocenters. The van der Waals surface area contributed by atoms with Crippen molar-refractivity contribution in [1.29, 1.82) is 0 Å². The van der Waals surface area contributed by atoms with Crippen molar-refractivity contribution in [1.82, 2.24) is 15.1 Å². The number of anilines is 1. The second kappa shape index (κ2) is 7.13. The molecule has 7 heteroatoms. The van der Waals surface area contributed by atoms with Gasteiger partial charge in [0.15, 0.2) is 0 Å². The van der Waals surface area contributed by atoms with Gasteiger partial charge < -0.3 is 10.6 Å². The minimum absolute atomic E-state index is 0. The van der Waals surface area contributed by atoms with E-state index in [-0.39, 0.29) is 24.2 Å². The van der Waals surface area contributed by atoms with Gasteiger partial charge in [0.05, 0.1) is 10.7 Å². The van der Waals surface area contributed by atoms with Crippen molar-refractivity contribution in [2.75, 3.05) is 18.4 Å². The van der Waals surface area contributed by atoms with Crippen LogP contribution < -0.4 is 10.6 Å². The molecule has 1 aromatic heterocycles. The normalized spacial score (nSPS) is 15.5. The summed E-state index contributed by atoms with van der Waals surface area (Å²) in [6.07, 6.45) is 3.52. The molecule has 1 aliphatic rings. The summed E-state index contributed by atoms with van der Waals surface area (Å²) in [7, 11) is 0. The maximum Gasteiger partial charge on any atom is 0.227 e. The third-order valence-corrected chi connectivity index (χ3v) is 4.20. The predicted octanol–water partition coefficient (Wildman–Crippen LogP) is 2.74. The highest BCUT2D eigenvalue weighted by atomic mass is 35.5. The summed E-state index contributed by atoms with van der Waals surface area (Å²) in [6.45, 7) is 3.78. The van der Waals surface area contributed by atoms with Crippen molar-refractivity contribution in [3.63, 3.8) is 0 Å². The summed E-state index contributed by atoms with van der Waals surface area (Å²) < 4.78 is 1.69. The Hall–Kier alpha value is -1.56. The molecule has 118 valence electrons. The van der Waals surface area contributed by atoms with Crippen LogP contribution in [0.1, 0.15) is 6.92 Å². The lowest BCUT2D eigenvalue weighted by molar-refractivity contribution is -0.121. The molecule has 0 spiro atoms. The van der Waals surface area contributed by atoms with Gasteiger partial charge in [-0.2, -0.15) is 5.10 Å². The highest BCUT2D eigenvalue weighted by Crippen LogP contribution is 2.25. The Morgan fingerprint density at radius 3 is 2.82 bits per heavy atom. The topological polar surface area (TPSA) is 59.0 Å².